The van der Waals surface area contributed by atoms with E-state index in [1.165, 1.54) is 11.1 Å². The Morgan fingerprint density at radius 1 is 1.33 bits per heavy atom. The van der Waals surface area contributed by atoms with E-state index < -0.39 is 0 Å². The van der Waals surface area contributed by atoms with Gasteiger partial charge in [-0.3, -0.25) is 0 Å². The van der Waals surface area contributed by atoms with Crippen molar-refractivity contribution in [1.29, 1.82) is 0 Å². The van der Waals surface area contributed by atoms with Crippen LogP contribution in [-0.2, 0) is 17.6 Å². The lowest BCUT2D eigenvalue weighted by Crippen LogP contribution is -2.26. The van der Waals surface area contributed by atoms with Crippen molar-refractivity contribution in [3.63, 3.8) is 0 Å². The molecule has 0 radical (unpaired) electrons. The van der Waals surface area contributed by atoms with E-state index in [1.807, 2.05) is 0 Å². The molecule has 0 spiro atoms. The van der Waals surface area contributed by atoms with Crippen molar-refractivity contribution in [1.82, 2.24) is 0 Å². The van der Waals surface area contributed by atoms with Gasteiger partial charge >= 0.3 is 0 Å². The van der Waals surface area contributed by atoms with Crippen LogP contribution in [0, 0.1) is 5.41 Å². The first kappa shape index (κ1) is 12.8. The number of hydrogen-bond donors (Lipinski definition) is 0. The van der Waals surface area contributed by atoms with Gasteiger partial charge in [-0.25, -0.2) is 0 Å². The van der Waals surface area contributed by atoms with Gasteiger partial charge in [0.2, 0.25) is 0 Å². The maximum atomic E-state index is 6.17. The highest BCUT2D eigenvalue weighted by Crippen LogP contribution is 2.40. The van der Waals surface area contributed by atoms with Crippen LogP contribution in [0.2, 0.25) is 0 Å². The van der Waals surface area contributed by atoms with Gasteiger partial charge in [-0.05, 0) is 36.1 Å². The average Bonchev–Trinajstić information content (AvgIpc) is 2.98. The van der Waals surface area contributed by atoms with E-state index in [-0.39, 0.29) is 5.41 Å². The van der Waals surface area contributed by atoms with E-state index in [4.69, 9.17) is 21.1 Å². The Kier molecular flexibility index (Phi) is 3.57. The van der Waals surface area contributed by atoms with Crippen LogP contribution in [0.25, 0.3) is 0 Å². The predicted molar refractivity (Wildman–Crippen MR) is 75.6 cm³/mol. The van der Waals surface area contributed by atoms with Crippen LogP contribution in [0.1, 0.15) is 17.5 Å². The second-order valence-electron chi connectivity index (χ2n) is 5.26. The van der Waals surface area contributed by atoms with E-state index >= 15 is 0 Å². The Morgan fingerprint density at radius 3 is 2.94 bits per heavy atom. The van der Waals surface area contributed by atoms with E-state index in [9.17, 15) is 0 Å². The van der Waals surface area contributed by atoms with Crippen molar-refractivity contribution in [3.05, 3.63) is 27.7 Å². The monoisotopic (exact) mass is 330 g/mol. The third-order valence-electron chi connectivity index (χ3n) is 3.86. The summed E-state index contributed by atoms with van der Waals surface area (Å²) in [7, 11) is 0. The molecule has 1 fully saturated rings. The number of rotatable bonds is 3. The summed E-state index contributed by atoms with van der Waals surface area (Å²) in [5.74, 6) is 1.73. The van der Waals surface area contributed by atoms with Crippen molar-refractivity contribution in [2.75, 3.05) is 25.7 Å². The fourth-order valence-corrected chi connectivity index (χ4v) is 3.68. The predicted octanol–water partition coefficient (Wildman–Crippen LogP) is 3.57. The van der Waals surface area contributed by atoms with Crippen LogP contribution in [0.5, 0.6) is 5.75 Å². The van der Waals surface area contributed by atoms with Gasteiger partial charge in [0.25, 0.3) is 0 Å². The SMILES string of the molecule is ClCC1(Cc2cc(Br)cc3c2OCC3)CCOC1. The van der Waals surface area contributed by atoms with Crippen LogP contribution < -0.4 is 4.74 Å². The first-order valence-electron chi connectivity index (χ1n) is 6.30. The second kappa shape index (κ2) is 5.03. The van der Waals surface area contributed by atoms with Gasteiger partial charge in [0.1, 0.15) is 5.75 Å². The average molecular weight is 332 g/mol. The molecule has 0 aliphatic carbocycles. The van der Waals surface area contributed by atoms with Gasteiger partial charge in [0.05, 0.1) is 13.2 Å². The molecule has 2 aliphatic rings. The Hall–Kier alpha value is -0.250. The van der Waals surface area contributed by atoms with Gasteiger partial charge in [-0.2, -0.15) is 0 Å². The van der Waals surface area contributed by atoms with Gasteiger partial charge in [0.15, 0.2) is 0 Å². The normalized spacial score (nSPS) is 26.1. The molecule has 0 amide bonds. The zero-order chi connectivity index (χ0) is 12.6. The summed E-state index contributed by atoms with van der Waals surface area (Å²) < 4.78 is 12.4. The van der Waals surface area contributed by atoms with Gasteiger partial charge < -0.3 is 9.47 Å². The Morgan fingerprint density at radius 2 is 2.22 bits per heavy atom. The van der Waals surface area contributed by atoms with Gasteiger partial charge in [-0.15, -0.1) is 11.6 Å². The molecule has 1 saturated heterocycles. The smallest absolute Gasteiger partial charge is 0.125 e. The van der Waals surface area contributed by atoms with E-state index in [0.717, 1.165) is 49.3 Å². The van der Waals surface area contributed by atoms with Gasteiger partial charge in [0, 0.05) is 28.8 Å². The highest BCUT2D eigenvalue weighted by molar-refractivity contribution is 9.10. The van der Waals surface area contributed by atoms with Crippen LogP contribution in [0.15, 0.2) is 16.6 Å². The Bertz CT molecular complexity index is 455. The molecule has 0 aromatic heterocycles. The van der Waals surface area contributed by atoms with Crippen LogP contribution in [0.4, 0.5) is 0 Å². The number of fused-ring (bicyclic) bond motifs is 1. The molecule has 18 heavy (non-hydrogen) atoms. The zero-order valence-electron chi connectivity index (χ0n) is 10.2. The molecule has 2 heterocycles. The molecule has 1 unspecified atom stereocenters. The van der Waals surface area contributed by atoms with Crippen LogP contribution in [0.3, 0.4) is 0 Å². The summed E-state index contributed by atoms with van der Waals surface area (Å²) in [6.07, 6.45) is 2.99. The molecule has 1 atom stereocenters. The molecule has 2 aliphatic heterocycles. The second-order valence-corrected chi connectivity index (χ2v) is 6.45. The Balaban J connectivity index is 1.92. The standard InChI is InChI=1S/C14H16BrClO2/c15-12-5-10-1-3-18-13(10)11(6-12)7-14(8-16)2-4-17-9-14/h5-6H,1-4,7-9H2. The molecule has 1 aromatic carbocycles. The summed E-state index contributed by atoms with van der Waals surface area (Å²) >= 11 is 9.76. The zero-order valence-corrected chi connectivity index (χ0v) is 12.5. The molecular formula is C14H16BrClO2. The van der Waals surface area contributed by atoms with Crippen molar-refractivity contribution < 1.29 is 9.47 Å². The van der Waals surface area contributed by atoms with E-state index in [2.05, 4.69) is 28.1 Å². The molecule has 0 saturated carbocycles. The Labute approximate surface area is 121 Å². The maximum absolute atomic E-state index is 6.17. The quantitative estimate of drug-likeness (QED) is 0.788. The minimum atomic E-state index is 0.0854. The molecule has 1 aromatic rings. The van der Waals surface area contributed by atoms with Crippen molar-refractivity contribution in [3.8, 4) is 5.75 Å². The van der Waals surface area contributed by atoms with Crippen molar-refractivity contribution in [2.45, 2.75) is 19.3 Å². The van der Waals surface area contributed by atoms with Crippen LogP contribution >= 0.6 is 27.5 Å². The first-order valence-corrected chi connectivity index (χ1v) is 7.63. The lowest BCUT2D eigenvalue weighted by molar-refractivity contribution is 0.160. The lowest BCUT2D eigenvalue weighted by Gasteiger charge is -2.25. The maximum Gasteiger partial charge on any atom is 0.125 e. The summed E-state index contributed by atoms with van der Waals surface area (Å²) in [6.45, 7) is 2.38. The minimum absolute atomic E-state index is 0.0854. The number of halogens is 2. The molecular weight excluding hydrogens is 316 g/mol. The van der Waals surface area contributed by atoms with Crippen LogP contribution in [-0.4, -0.2) is 25.7 Å². The molecule has 2 nitrogen and oxygen atoms in total. The van der Waals surface area contributed by atoms with Crippen molar-refractivity contribution in [2.24, 2.45) is 5.41 Å². The lowest BCUT2D eigenvalue weighted by atomic mass is 9.82. The molecule has 98 valence electrons. The van der Waals surface area contributed by atoms with Crippen molar-refractivity contribution >= 4 is 27.5 Å². The highest BCUT2D eigenvalue weighted by Gasteiger charge is 2.35. The number of benzene rings is 1. The third kappa shape index (κ3) is 2.28. The largest absolute Gasteiger partial charge is 0.493 e. The number of ether oxygens (including phenoxy) is 2. The summed E-state index contributed by atoms with van der Waals surface area (Å²) in [5, 5.41) is 0. The highest BCUT2D eigenvalue weighted by atomic mass is 79.9. The number of hydrogen-bond acceptors (Lipinski definition) is 2. The third-order valence-corrected chi connectivity index (χ3v) is 4.88. The fraction of sp³-hybridized carbons (Fsp3) is 0.571. The molecule has 4 heteroatoms. The summed E-state index contributed by atoms with van der Waals surface area (Å²) in [6, 6.07) is 4.32. The van der Waals surface area contributed by atoms with E-state index in [1.54, 1.807) is 0 Å². The topological polar surface area (TPSA) is 18.5 Å². The number of alkyl halides is 1. The first-order chi connectivity index (χ1) is 8.72. The van der Waals surface area contributed by atoms with Gasteiger partial charge in [-0.1, -0.05) is 15.9 Å². The fourth-order valence-electron chi connectivity index (χ4n) is 2.82. The molecule has 0 N–H and O–H groups in total. The summed E-state index contributed by atoms with van der Waals surface area (Å²) in [4.78, 5) is 0. The van der Waals surface area contributed by atoms with E-state index in [0.29, 0.717) is 5.88 Å². The molecule has 0 bridgehead atoms. The molecule has 3 rings (SSSR count). The summed E-state index contributed by atoms with van der Waals surface area (Å²) in [5.41, 5.74) is 2.66. The minimum Gasteiger partial charge on any atom is -0.493 e.